The number of nitro groups is 1. The summed E-state index contributed by atoms with van der Waals surface area (Å²) in [6, 6.07) is 13.7. The molecule has 1 aliphatic rings. The Labute approximate surface area is 162 Å². The number of anilines is 2. The van der Waals surface area contributed by atoms with Gasteiger partial charge in [0.2, 0.25) is 0 Å². The van der Waals surface area contributed by atoms with Gasteiger partial charge in [-0.15, -0.1) is 0 Å². The summed E-state index contributed by atoms with van der Waals surface area (Å²) in [7, 11) is 0. The number of rotatable bonds is 6. The molecule has 0 radical (unpaired) electrons. The van der Waals surface area contributed by atoms with Crippen molar-refractivity contribution in [2.45, 2.75) is 19.3 Å². The third-order valence-corrected chi connectivity index (χ3v) is 4.63. The molecule has 2 aromatic carbocycles. The van der Waals surface area contributed by atoms with Gasteiger partial charge in [-0.2, -0.15) is 0 Å². The number of carbonyl (C=O) groups excluding carboxylic acids is 2. The molecule has 0 atom stereocenters. The Morgan fingerprint density at radius 3 is 2.43 bits per heavy atom. The summed E-state index contributed by atoms with van der Waals surface area (Å²) >= 11 is 0. The number of benzene rings is 2. The topological polar surface area (TPSA) is 105 Å². The maximum atomic E-state index is 11.9. The van der Waals surface area contributed by atoms with Crippen molar-refractivity contribution < 1.29 is 14.5 Å². The van der Waals surface area contributed by atoms with E-state index in [-0.39, 0.29) is 11.4 Å². The normalized spacial score (nSPS) is 13.2. The predicted molar refractivity (Wildman–Crippen MR) is 106 cm³/mol. The third kappa shape index (κ3) is 5.06. The van der Waals surface area contributed by atoms with Crippen LogP contribution in [0.1, 0.15) is 18.4 Å². The van der Waals surface area contributed by atoms with Crippen molar-refractivity contribution in [1.29, 1.82) is 0 Å². The van der Waals surface area contributed by atoms with E-state index in [2.05, 4.69) is 27.7 Å². The van der Waals surface area contributed by atoms with Crippen LogP contribution >= 0.6 is 0 Å². The molecular weight excluding hydrogens is 360 g/mol. The lowest BCUT2D eigenvalue weighted by atomic mass is 10.1. The number of hydrogen-bond acceptors (Lipinski definition) is 5. The zero-order chi connectivity index (χ0) is 19.9. The van der Waals surface area contributed by atoms with Crippen LogP contribution in [0.3, 0.4) is 0 Å². The fourth-order valence-corrected chi connectivity index (χ4v) is 3.13. The average molecular weight is 382 g/mol. The van der Waals surface area contributed by atoms with Crippen molar-refractivity contribution in [3.8, 4) is 0 Å². The highest BCUT2D eigenvalue weighted by Gasteiger charge is 2.15. The van der Waals surface area contributed by atoms with Crippen LogP contribution in [0.25, 0.3) is 0 Å². The van der Waals surface area contributed by atoms with Crippen LogP contribution in [-0.4, -0.2) is 36.4 Å². The summed E-state index contributed by atoms with van der Waals surface area (Å²) in [6.07, 6.45) is 3.06. The predicted octanol–water partition coefficient (Wildman–Crippen LogP) is 2.49. The van der Waals surface area contributed by atoms with Crippen LogP contribution in [0.5, 0.6) is 0 Å². The number of nitrogens with zero attached hydrogens (tertiary/aromatic N) is 2. The molecule has 0 bridgehead atoms. The van der Waals surface area contributed by atoms with Gasteiger partial charge in [0.15, 0.2) is 0 Å². The standard InChI is InChI=1S/C20H22N4O4/c25-19(20(26)22-16-4-3-5-18(14-16)24(27)28)21-11-10-15-6-8-17(9-7-15)23-12-1-2-13-23/h3-9,14H,1-2,10-13H2,(H,21,25)(H,22,26). The minimum Gasteiger partial charge on any atom is -0.372 e. The maximum Gasteiger partial charge on any atom is 0.313 e. The van der Waals surface area contributed by atoms with E-state index in [9.17, 15) is 19.7 Å². The molecule has 0 aliphatic carbocycles. The molecule has 8 nitrogen and oxygen atoms in total. The molecule has 0 saturated carbocycles. The van der Waals surface area contributed by atoms with E-state index in [4.69, 9.17) is 0 Å². The molecule has 146 valence electrons. The van der Waals surface area contributed by atoms with Crippen LogP contribution < -0.4 is 15.5 Å². The van der Waals surface area contributed by atoms with Crippen molar-refractivity contribution in [3.63, 3.8) is 0 Å². The lowest BCUT2D eigenvalue weighted by Crippen LogP contribution is -2.36. The van der Waals surface area contributed by atoms with Crippen molar-refractivity contribution in [1.82, 2.24) is 5.32 Å². The van der Waals surface area contributed by atoms with Gasteiger partial charge in [0.05, 0.1) is 4.92 Å². The number of nitro benzene ring substituents is 1. The average Bonchev–Trinajstić information content (AvgIpc) is 3.23. The SMILES string of the molecule is O=C(NCCc1ccc(N2CCCC2)cc1)C(=O)Nc1cccc([N+](=O)[O-])c1. The summed E-state index contributed by atoms with van der Waals surface area (Å²) in [5.74, 6) is -1.63. The minimum absolute atomic E-state index is 0.157. The van der Waals surface area contributed by atoms with Crippen LogP contribution in [0, 0.1) is 10.1 Å². The fraction of sp³-hybridized carbons (Fsp3) is 0.300. The zero-order valence-corrected chi connectivity index (χ0v) is 15.4. The van der Waals surface area contributed by atoms with Crippen LogP contribution in [0.15, 0.2) is 48.5 Å². The Hall–Kier alpha value is -3.42. The molecule has 3 rings (SSSR count). The first-order valence-electron chi connectivity index (χ1n) is 9.20. The Morgan fingerprint density at radius 1 is 1.04 bits per heavy atom. The largest absolute Gasteiger partial charge is 0.372 e. The first-order chi connectivity index (χ1) is 13.5. The summed E-state index contributed by atoms with van der Waals surface area (Å²) < 4.78 is 0. The molecule has 1 saturated heterocycles. The summed E-state index contributed by atoms with van der Waals surface area (Å²) in [6.45, 7) is 2.51. The third-order valence-electron chi connectivity index (χ3n) is 4.63. The van der Waals surface area contributed by atoms with Gasteiger partial charge in [-0.05, 0) is 43.0 Å². The van der Waals surface area contributed by atoms with Gasteiger partial charge in [0, 0.05) is 43.1 Å². The molecule has 0 aromatic heterocycles. The molecule has 28 heavy (non-hydrogen) atoms. The Kier molecular flexibility index (Phi) is 6.21. The molecule has 1 fully saturated rings. The van der Waals surface area contributed by atoms with E-state index in [1.807, 2.05) is 12.1 Å². The van der Waals surface area contributed by atoms with E-state index in [1.165, 1.54) is 42.8 Å². The highest BCUT2D eigenvalue weighted by molar-refractivity contribution is 6.39. The molecule has 1 heterocycles. The second-order valence-electron chi connectivity index (χ2n) is 6.63. The van der Waals surface area contributed by atoms with Crippen molar-refractivity contribution in [2.75, 3.05) is 29.9 Å². The second-order valence-corrected chi connectivity index (χ2v) is 6.63. The molecular formula is C20H22N4O4. The summed E-state index contributed by atoms with van der Waals surface area (Å²) in [5.41, 5.74) is 2.33. The lowest BCUT2D eigenvalue weighted by molar-refractivity contribution is -0.384. The molecule has 0 unspecified atom stereocenters. The lowest BCUT2D eigenvalue weighted by Gasteiger charge is -2.17. The van der Waals surface area contributed by atoms with Gasteiger partial charge >= 0.3 is 11.8 Å². The smallest absolute Gasteiger partial charge is 0.313 e. The van der Waals surface area contributed by atoms with E-state index in [0.29, 0.717) is 13.0 Å². The maximum absolute atomic E-state index is 11.9. The van der Waals surface area contributed by atoms with Gasteiger partial charge in [-0.1, -0.05) is 18.2 Å². The molecule has 1 aliphatic heterocycles. The summed E-state index contributed by atoms with van der Waals surface area (Å²) in [4.78, 5) is 36.4. The second kappa shape index (κ2) is 8.98. The minimum atomic E-state index is -0.857. The first-order valence-corrected chi connectivity index (χ1v) is 9.20. The highest BCUT2D eigenvalue weighted by atomic mass is 16.6. The molecule has 8 heteroatoms. The van der Waals surface area contributed by atoms with E-state index in [1.54, 1.807) is 0 Å². The number of non-ortho nitro benzene ring substituents is 1. The highest BCUT2D eigenvalue weighted by Crippen LogP contribution is 2.20. The molecule has 2 amide bonds. The van der Waals surface area contributed by atoms with Gasteiger partial charge in [0.1, 0.15) is 0 Å². The molecule has 0 spiro atoms. The zero-order valence-electron chi connectivity index (χ0n) is 15.4. The van der Waals surface area contributed by atoms with Gasteiger partial charge in [-0.25, -0.2) is 0 Å². The number of carbonyl (C=O) groups is 2. The number of nitrogens with one attached hydrogen (secondary N) is 2. The molecule has 2 aromatic rings. The van der Waals surface area contributed by atoms with E-state index >= 15 is 0 Å². The van der Waals surface area contributed by atoms with Crippen LogP contribution in [-0.2, 0) is 16.0 Å². The Morgan fingerprint density at radius 2 is 1.75 bits per heavy atom. The number of hydrogen-bond donors (Lipinski definition) is 2. The number of amides is 2. The van der Waals surface area contributed by atoms with Gasteiger partial charge in [0.25, 0.3) is 5.69 Å². The Balaban J connectivity index is 1.45. The van der Waals surface area contributed by atoms with Crippen molar-refractivity contribution >= 4 is 28.9 Å². The Bertz CT molecular complexity index is 861. The molecule has 2 N–H and O–H groups in total. The van der Waals surface area contributed by atoms with Crippen LogP contribution in [0.4, 0.5) is 17.1 Å². The van der Waals surface area contributed by atoms with E-state index in [0.717, 1.165) is 18.7 Å². The monoisotopic (exact) mass is 382 g/mol. The van der Waals surface area contributed by atoms with Gasteiger partial charge in [-0.3, -0.25) is 19.7 Å². The fourth-order valence-electron chi connectivity index (χ4n) is 3.13. The van der Waals surface area contributed by atoms with Crippen molar-refractivity contribution in [3.05, 3.63) is 64.2 Å². The van der Waals surface area contributed by atoms with E-state index < -0.39 is 16.7 Å². The quantitative estimate of drug-likeness (QED) is 0.454. The first kappa shape index (κ1) is 19.3. The summed E-state index contributed by atoms with van der Waals surface area (Å²) in [5, 5.41) is 15.7. The van der Waals surface area contributed by atoms with Gasteiger partial charge < -0.3 is 15.5 Å². The van der Waals surface area contributed by atoms with Crippen LogP contribution in [0.2, 0.25) is 0 Å². The van der Waals surface area contributed by atoms with Crippen molar-refractivity contribution in [2.24, 2.45) is 0 Å².